The Morgan fingerprint density at radius 2 is 2.33 bits per heavy atom. The normalized spacial score (nSPS) is 19.9. The number of nitrogens with one attached hydrogen (secondary N) is 1. The first-order valence-corrected chi connectivity index (χ1v) is 5.45. The molecule has 0 aromatic heterocycles. The molecule has 1 aliphatic carbocycles. The minimum Gasteiger partial charge on any atom is -0.409 e. The molecule has 5 heteroatoms. The van der Waals surface area contributed by atoms with Crippen LogP contribution in [0.15, 0.2) is 5.16 Å². The van der Waals surface area contributed by atoms with Gasteiger partial charge in [-0.1, -0.05) is 5.16 Å². The molecule has 0 heterocycles. The molecule has 1 rings (SSSR count). The lowest BCUT2D eigenvalue weighted by Gasteiger charge is -2.40. The fourth-order valence-corrected chi connectivity index (χ4v) is 1.78. The van der Waals surface area contributed by atoms with Gasteiger partial charge in [0, 0.05) is 20.1 Å². The number of hydrogen-bond donors (Lipinski definition) is 3. The summed E-state index contributed by atoms with van der Waals surface area (Å²) in [4.78, 5) is 0. The molecule has 0 unspecified atom stereocenters. The standard InChI is InChI=1S/C10H21N3O2/c1-15-10(5-3-6-10)8-12-7-2-4-9(11)13-14/h12,14H,2-8H2,1H3,(H2,11,13). The number of hydrogen-bond acceptors (Lipinski definition) is 4. The molecule has 0 aromatic rings. The maximum Gasteiger partial charge on any atom is 0.139 e. The van der Waals surface area contributed by atoms with E-state index in [4.69, 9.17) is 15.7 Å². The molecule has 1 fully saturated rings. The van der Waals surface area contributed by atoms with Crippen molar-refractivity contribution in [1.29, 1.82) is 0 Å². The summed E-state index contributed by atoms with van der Waals surface area (Å²) in [5, 5.41) is 14.6. The van der Waals surface area contributed by atoms with Crippen molar-refractivity contribution >= 4 is 5.84 Å². The molecule has 5 nitrogen and oxygen atoms in total. The van der Waals surface area contributed by atoms with Crippen molar-refractivity contribution < 1.29 is 9.94 Å². The quantitative estimate of drug-likeness (QED) is 0.192. The average Bonchev–Trinajstić information content (AvgIpc) is 2.20. The van der Waals surface area contributed by atoms with Crippen LogP contribution in [0.2, 0.25) is 0 Å². The van der Waals surface area contributed by atoms with Gasteiger partial charge in [-0.15, -0.1) is 0 Å². The topological polar surface area (TPSA) is 79.9 Å². The summed E-state index contributed by atoms with van der Waals surface area (Å²) in [5.74, 6) is 0.293. The largest absolute Gasteiger partial charge is 0.409 e. The van der Waals surface area contributed by atoms with E-state index in [1.807, 2.05) is 0 Å². The van der Waals surface area contributed by atoms with Crippen molar-refractivity contribution in [3.8, 4) is 0 Å². The molecule has 0 spiro atoms. The summed E-state index contributed by atoms with van der Waals surface area (Å²) in [5.41, 5.74) is 5.43. The molecule has 88 valence electrons. The number of ether oxygens (including phenoxy) is 1. The van der Waals surface area contributed by atoms with Gasteiger partial charge in [-0.25, -0.2) is 0 Å². The average molecular weight is 215 g/mol. The van der Waals surface area contributed by atoms with Crippen LogP contribution in [0, 0.1) is 0 Å². The van der Waals surface area contributed by atoms with E-state index in [-0.39, 0.29) is 5.60 Å². The number of nitrogens with two attached hydrogens (primary N) is 1. The highest BCUT2D eigenvalue weighted by Gasteiger charge is 2.36. The van der Waals surface area contributed by atoms with Gasteiger partial charge in [-0.2, -0.15) is 0 Å². The third-order valence-corrected chi connectivity index (χ3v) is 3.06. The van der Waals surface area contributed by atoms with Crippen molar-refractivity contribution in [1.82, 2.24) is 5.32 Å². The van der Waals surface area contributed by atoms with Crippen LogP contribution < -0.4 is 11.1 Å². The van der Waals surface area contributed by atoms with E-state index >= 15 is 0 Å². The second-order valence-corrected chi connectivity index (χ2v) is 4.11. The predicted molar refractivity (Wildman–Crippen MR) is 59.1 cm³/mol. The zero-order valence-corrected chi connectivity index (χ0v) is 9.33. The van der Waals surface area contributed by atoms with E-state index in [2.05, 4.69) is 10.5 Å². The van der Waals surface area contributed by atoms with Crippen LogP contribution in [0.5, 0.6) is 0 Å². The number of rotatable bonds is 7. The number of nitrogens with zero attached hydrogens (tertiary/aromatic N) is 1. The Balaban J connectivity index is 2.01. The minimum absolute atomic E-state index is 0.0800. The maximum atomic E-state index is 8.33. The number of methoxy groups -OCH3 is 1. The van der Waals surface area contributed by atoms with Gasteiger partial charge < -0.3 is 21.0 Å². The third kappa shape index (κ3) is 3.68. The molecular weight excluding hydrogens is 194 g/mol. The summed E-state index contributed by atoms with van der Waals surface area (Å²) >= 11 is 0. The highest BCUT2D eigenvalue weighted by atomic mass is 16.5. The van der Waals surface area contributed by atoms with E-state index in [0.717, 1.165) is 32.4 Å². The second-order valence-electron chi connectivity index (χ2n) is 4.11. The minimum atomic E-state index is 0.0800. The molecule has 1 saturated carbocycles. The van der Waals surface area contributed by atoms with Gasteiger partial charge in [0.1, 0.15) is 5.84 Å². The fraction of sp³-hybridized carbons (Fsp3) is 0.900. The van der Waals surface area contributed by atoms with Crippen molar-refractivity contribution in [3.05, 3.63) is 0 Å². The smallest absolute Gasteiger partial charge is 0.139 e. The molecule has 0 bridgehead atoms. The van der Waals surface area contributed by atoms with Crippen LogP contribution in [0.4, 0.5) is 0 Å². The van der Waals surface area contributed by atoms with Crippen LogP contribution in [0.25, 0.3) is 0 Å². The molecule has 15 heavy (non-hydrogen) atoms. The van der Waals surface area contributed by atoms with Crippen LogP contribution in [0.3, 0.4) is 0 Å². The summed E-state index contributed by atoms with van der Waals surface area (Å²) in [6.07, 6.45) is 5.08. The molecule has 0 radical (unpaired) electrons. The first kappa shape index (κ1) is 12.3. The van der Waals surface area contributed by atoms with E-state index in [0.29, 0.717) is 12.3 Å². The molecule has 0 amide bonds. The molecule has 0 saturated heterocycles. The van der Waals surface area contributed by atoms with E-state index in [9.17, 15) is 0 Å². The highest BCUT2D eigenvalue weighted by Crippen LogP contribution is 2.34. The van der Waals surface area contributed by atoms with Gasteiger partial charge in [0.05, 0.1) is 5.60 Å². The summed E-state index contributed by atoms with van der Waals surface area (Å²) in [6.45, 7) is 1.78. The van der Waals surface area contributed by atoms with Crippen LogP contribution >= 0.6 is 0 Å². The number of oxime groups is 1. The zero-order valence-electron chi connectivity index (χ0n) is 9.33. The van der Waals surface area contributed by atoms with Gasteiger partial charge in [-0.05, 0) is 32.2 Å². The summed E-state index contributed by atoms with van der Waals surface area (Å²) < 4.78 is 5.47. The van der Waals surface area contributed by atoms with Crippen molar-refractivity contribution in [2.75, 3.05) is 20.2 Å². The van der Waals surface area contributed by atoms with E-state index < -0.39 is 0 Å². The van der Waals surface area contributed by atoms with E-state index in [1.54, 1.807) is 7.11 Å². The predicted octanol–water partition coefficient (Wildman–Crippen LogP) is 0.672. The third-order valence-electron chi connectivity index (χ3n) is 3.06. The Morgan fingerprint density at radius 1 is 1.60 bits per heavy atom. The maximum absolute atomic E-state index is 8.33. The Bertz CT molecular complexity index is 209. The lowest BCUT2D eigenvalue weighted by molar-refractivity contribution is -0.0692. The van der Waals surface area contributed by atoms with Gasteiger partial charge >= 0.3 is 0 Å². The molecule has 0 atom stereocenters. The fourth-order valence-electron chi connectivity index (χ4n) is 1.78. The zero-order chi connectivity index (χ0) is 11.1. The second kappa shape index (κ2) is 5.92. The van der Waals surface area contributed by atoms with Crippen molar-refractivity contribution in [2.45, 2.75) is 37.7 Å². The molecule has 0 aromatic carbocycles. The summed E-state index contributed by atoms with van der Waals surface area (Å²) in [6, 6.07) is 0. The van der Waals surface area contributed by atoms with Crippen LogP contribution in [-0.4, -0.2) is 36.8 Å². The van der Waals surface area contributed by atoms with Crippen molar-refractivity contribution in [3.63, 3.8) is 0 Å². The lowest BCUT2D eigenvalue weighted by atomic mass is 9.80. The Morgan fingerprint density at radius 3 is 2.80 bits per heavy atom. The molecule has 1 aliphatic rings. The first-order chi connectivity index (χ1) is 7.22. The molecule has 4 N–H and O–H groups in total. The van der Waals surface area contributed by atoms with Gasteiger partial charge in [-0.3, -0.25) is 0 Å². The Hall–Kier alpha value is -0.810. The highest BCUT2D eigenvalue weighted by molar-refractivity contribution is 5.79. The van der Waals surface area contributed by atoms with Crippen LogP contribution in [-0.2, 0) is 4.74 Å². The van der Waals surface area contributed by atoms with Crippen molar-refractivity contribution in [2.24, 2.45) is 10.9 Å². The first-order valence-electron chi connectivity index (χ1n) is 5.45. The molecule has 0 aliphatic heterocycles. The Labute approximate surface area is 90.7 Å². The van der Waals surface area contributed by atoms with Crippen LogP contribution in [0.1, 0.15) is 32.1 Å². The SMILES string of the molecule is COC1(CNCCCC(N)=NO)CCC1. The number of amidine groups is 1. The monoisotopic (exact) mass is 215 g/mol. The molecular formula is C10H21N3O2. The Kier molecular flexibility index (Phi) is 4.84. The van der Waals surface area contributed by atoms with Gasteiger partial charge in [0.25, 0.3) is 0 Å². The van der Waals surface area contributed by atoms with Gasteiger partial charge in [0.2, 0.25) is 0 Å². The summed E-state index contributed by atoms with van der Waals surface area (Å²) in [7, 11) is 1.78. The van der Waals surface area contributed by atoms with Gasteiger partial charge in [0.15, 0.2) is 0 Å². The van der Waals surface area contributed by atoms with E-state index in [1.165, 1.54) is 6.42 Å². The lowest BCUT2D eigenvalue weighted by Crippen LogP contribution is -2.48.